The van der Waals surface area contributed by atoms with Gasteiger partial charge in [-0.25, -0.2) is 8.42 Å². The first-order chi connectivity index (χ1) is 8.61. The zero-order chi connectivity index (χ0) is 13.4. The first-order valence-electron chi connectivity index (χ1n) is 7.32. The predicted octanol–water partition coefficient (Wildman–Crippen LogP) is 1.97. The van der Waals surface area contributed by atoms with E-state index < -0.39 is 10.0 Å². The normalized spacial score (nSPS) is 22.9. The summed E-state index contributed by atoms with van der Waals surface area (Å²) in [5.41, 5.74) is 0. The number of hydrogen-bond acceptors (Lipinski definition) is 3. The van der Waals surface area contributed by atoms with E-state index in [9.17, 15) is 8.42 Å². The molecule has 18 heavy (non-hydrogen) atoms. The maximum atomic E-state index is 12.4. The molecule has 0 aromatic heterocycles. The Labute approximate surface area is 112 Å². The van der Waals surface area contributed by atoms with Crippen LogP contribution in [0.15, 0.2) is 0 Å². The van der Waals surface area contributed by atoms with Gasteiger partial charge in [0.15, 0.2) is 0 Å². The molecule has 1 atom stereocenters. The van der Waals surface area contributed by atoms with Crippen LogP contribution in [0, 0.1) is 0 Å². The van der Waals surface area contributed by atoms with Crippen molar-refractivity contribution in [2.24, 2.45) is 0 Å². The van der Waals surface area contributed by atoms with E-state index in [1.165, 1.54) is 12.8 Å². The Bertz CT molecular complexity index is 317. The van der Waals surface area contributed by atoms with E-state index in [-0.39, 0.29) is 11.8 Å². The highest BCUT2D eigenvalue weighted by Crippen LogP contribution is 2.22. The average Bonchev–Trinajstić information content (AvgIpc) is 2.60. The number of hydrogen-bond donors (Lipinski definition) is 1. The molecule has 0 aliphatic carbocycles. The highest BCUT2D eigenvalue weighted by Gasteiger charge is 2.29. The maximum absolute atomic E-state index is 12.4. The summed E-state index contributed by atoms with van der Waals surface area (Å²) in [5, 5.41) is 3.18. The Balaban J connectivity index is 2.56. The van der Waals surface area contributed by atoms with Crippen molar-refractivity contribution >= 4 is 10.0 Å². The second-order valence-corrected chi connectivity index (χ2v) is 7.09. The van der Waals surface area contributed by atoms with Gasteiger partial charge in [-0.2, -0.15) is 4.31 Å². The molecule has 0 bridgehead atoms. The van der Waals surface area contributed by atoms with Crippen LogP contribution >= 0.6 is 0 Å². The van der Waals surface area contributed by atoms with Crippen LogP contribution in [-0.2, 0) is 10.0 Å². The van der Waals surface area contributed by atoms with Gasteiger partial charge in [-0.05, 0) is 38.8 Å². The molecule has 108 valence electrons. The van der Waals surface area contributed by atoms with E-state index in [4.69, 9.17) is 0 Å². The summed E-state index contributed by atoms with van der Waals surface area (Å²) in [6, 6.07) is 0.233. The van der Waals surface area contributed by atoms with Gasteiger partial charge in [-0.3, -0.25) is 0 Å². The standard InChI is InChI=1S/C13H28N2O2S/c1-3-13-9-6-5-7-11-15(13)18(16,17)12-8-10-14-4-2/h13-14H,3-12H2,1-2H3. The summed E-state index contributed by atoms with van der Waals surface area (Å²) >= 11 is 0. The predicted molar refractivity (Wildman–Crippen MR) is 76.2 cm³/mol. The third-order valence-electron chi connectivity index (χ3n) is 3.66. The van der Waals surface area contributed by atoms with E-state index >= 15 is 0 Å². The Morgan fingerprint density at radius 3 is 2.67 bits per heavy atom. The van der Waals surface area contributed by atoms with Gasteiger partial charge in [-0.15, -0.1) is 0 Å². The summed E-state index contributed by atoms with van der Waals surface area (Å²) in [5.74, 6) is 0.288. The first-order valence-corrected chi connectivity index (χ1v) is 8.93. The van der Waals surface area contributed by atoms with E-state index in [0.717, 1.165) is 38.9 Å². The Kier molecular flexibility index (Phi) is 7.19. The van der Waals surface area contributed by atoms with Crippen molar-refractivity contribution in [3.63, 3.8) is 0 Å². The fourth-order valence-electron chi connectivity index (χ4n) is 2.60. The molecule has 1 unspecified atom stereocenters. The van der Waals surface area contributed by atoms with Crippen LogP contribution in [0.5, 0.6) is 0 Å². The lowest BCUT2D eigenvalue weighted by molar-refractivity contribution is 0.314. The van der Waals surface area contributed by atoms with Crippen LogP contribution in [0.3, 0.4) is 0 Å². The molecule has 1 heterocycles. The number of nitrogens with one attached hydrogen (secondary N) is 1. The molecule has 1 N–H and O–H groups in total. The lowest BCUT2D eigenvalue weighted by Gasteiger charge is -2.28. The van der Waals surface area contributed by atoms with Crippen molar-refractivity contribution in [2.75, 3.05) is 25.4 Å². The van der Waals surface area contributed by atoms with E-state index in [1.54, 1.807) is 4.31 Å². The van der Waals surface area contributed by atoms with Crippen LogP contribution in [0.2, 0.25) is 0 Å². The molecule has 0 aromatic rings. The van der Waals surface area contributed by atoms with Gasteiger partial charge in [0.25, 0.3) is 0 Å². The number of rotatable bonds is 7. The van der Waals surface area contributed by atoms with Gasteiger partial charge in [0.1, 0.15) is 0 Å². The fraction of sp³-hybridized carbons (Fsp3) is 1.00. The smallest absolute Gasteiger partial charge is 0.214 e. The maximum Gasteiger partial charge on any atom is 0.214 e. The zero-order valence-electron chi connectivity index (χ0n) is 11.8. The molecule has 1 aliphatic heterocycles. The van der Waals surface area contributed by atoms with Crippen molar-refractivity contribution < 1.29 is 8.42 Å². The summed E-state index contributed by atoms with van der Waals surface area (Å²) in [6.45, 7) is 6.55. The first kappa shape index (κ1) is 15.9. The third kappa shape index (κ3) is 4.86. The molecule has 0 spiro atoms. The van der Waals surface area contributed by atoms with E-state index in [1.807, 2.05) is 6.92 Å². The minimum absolute atomic E-state index is 0.233. The zero-order valence-corrected chi connectivity index (χ0v) is 12.6. The quantitative estimate of drug-likeness (QED) is 0.723. The molecular formula is C13H28N2O2S. The van der Waals surface area contributed by atoms with E-state index in [2.05, 4.69) is 12.2 Å². The molecule has 1 fully saturated rings. The van der Waals surface area contributed by atoms with Crippen LogP contribution < -0.4 is 5.32 Å². The molecule has 0 aromatic carbocycles. The molecule has 0 amide bonds. The summed E-state index contributed by atoms with van der Waals surface area (Å²) < 4.78 is 26.5. The van der Waals surface area contributed by atoms with Gasteiger partial charge in [-0.1, -0.05) is 26.7 Å². The van der Waals surface area contributed by atoms with Gasteiger partial charge in [0, 0.05) is 12.6 Å². The van der Waals surface area contributed by atoms with E-state index in [0.29, 0.717) is 6.42 Å². The monoisotopic (exact) mass is 276 g/mol. The molecule has 1 saturated heterocycles. The highest BCUT2D eigenvalue weighted by atomic mass is 32.2. The van der Waals surface area contributed by atoms with Crippen molar-refractivity contribution in [2.45, 2.75) is 58.4 Å². The van der Waals surface area contributed by atoms with Crippen LogP contribution in [0.1, 0.15) is 52.4 Å². The lowest BCUT2D eigenvalue weighted by atomic mass is 10.1. The largest absolute Gasteiger partial charge is 0.317 e. The summed E-state index contributed by atoms with van der Waals surface area (Å²) in [7, 11) is -3.06. The van der Waals surface area contributed by atoms with Crippen molar-refractivity contribution in [1.82, 2.24) is 9.62 Å². The Morgan fingerprint density at radius 2 is 2.00 bits per heavy atom. The fourth-order valence-corrected chi connectivity index (χ4v) is 4.46. The lowest BCUT2D eigenvalue weighted by Crippen LogP contribution is -2.41. The highest BCUT2D eigenvalue weighted by molar-refractivity contribution is 7.89. The molecule has 0 radical (unpaired) electrons. The Hall–Kier alpha value is -0.130. The molecular weight excluding hydrogens is 248 g/mol. The second kappa shape index (κ2) is 8.12. The third-order valence-corrected chi connectivity index (χ3v) is 5.66. The molecule has 0 saturated carbocycles. The number of sulfonamides is 1. The van der Waals surface area contributed by atoms with Gasteiger partial charge < -0.3 is 5.32 Å². The molecule has 1 rings (SSSR count). The van der Waals surface area contributed by atoms with Crippen molar-refractivity contribution in [3.8, 4) is 0 Å². The molecule has 4 nitrogen and oxygen atoms in total. The molecule has 5 heteroatoms. The molecule has 1 aliphatic rings. The van der Waals surface area contributed by atoms with Gasteiger partial charge in [0.2, 0.25) is 10.0 Å². The minimum atomic E-state index is -3.06. The number of nitrogens with zero attached hydrogens (tertiary/aromatic N) is 1. The topological polar surface area (TPSA) is 49.4 Å². The summed E-state index contributed by atoms with van der Waals surface area (Å²) in [4.78, 5) is 0. The second-order valence-electron chi connectivity index (χ2n) is 5.05. The minimum Gasteiger partial charge on any atom is -0.317 e. The van der Waals surface area contributed by atoms with Crippen molar-refractivity contribution in [3.05, 3.63) is 0 Å². The SMILES string of the molecule is CCNCCCS(=O)(=O)N1CCCCCC1CC. The van der Waals surface area contributed by atoms with Crippen LogP contribution in [-0.4, -0.2) is 44.2 Å². The average molecular weight is 276 g/mol. The van der Waals surface area contributed by atoms with Crippen LogP contribution in [0.4, 0.5) is 0 Å². The van der Waals surface area contributed by atoms with Crippen molar-refractivity contribution in [1.29, 1.82) is 0 Å². The summed E-state index contributed by atoms with van der Waals surface area (Å²) in [6.07, 6.45) is 6.03. The Morgan fingerprint density at radius 1 is 1.22 bits per heavy atom. The van der Waals surface area contributed by atoms with Gasteiger partial charge in [0.05, 0.1) is 5.75 Å². The van der Waals surface area contributed by atoms with Crippen LogP contribution in [0.25, 0.3) is 0 Å². The van der Waals surface area contributed by atoms with Gasteiger partial charge >= 0.3 is 0 Å².